The van der Waals surface area contributed by atoms with Gasteiger partial charge in [-0.15, -0.1) is 0 Å². The average Bonchev–Trinajstić information content (AvgIpc) is 3.38. The van der Waals surface area contributed by atoms with Crippen LogP contribution in [-0.4, -0.2) is 89.0 Å². The van der Waals surface area contributed by atoms with Crippen molar-refractivity contribution in [2.75, 3.05) is 57.0 Å². The standard InChI is InChI=1S/C27H36FN9O2/c1-5-36-10-12-37(13-11-36)17(3)26(38)33-21-9-7-8-18-19(14-31-24(18)21)23-20(28)15-32-27(35-23)34-22(16-30-4)25(29)39-6-2/h7-9,14-17,29-31H,5-6,10-13H2,1-4H3,(H,33,38)(H,32,34,35)/b22-16+,29-25?. The number of carbonyl (C=O) groups is 1. The summed E-state index contributed by atoms with van der Waals surface area (Å²) in [5.74, 6) is -0.693. The zero-order valence-corrected chi connectivity index (χ0v) is 22.8. The number of hydrogen-bond acceptors (Lipinski definition) is 9. The van der Waals surface area contributed by atoms with Gasteiger partial charge >= 0.3 is 0 Å². The Labute approximate surface area is 227 Å². The van der Waals surface area contributed by atoms with Gasteiger partial charge in [-0.25, -0.2) is 14.4 Å². The van der Waals surface area contributed by atoms with Crippen molar-refractivity contribution in [3.05, 3.63) is 48.3 Å². The number of piperazine rings is 1. The van der Waals surface area contributed by atoms with Crippen LogP contribution < -0.4 is 16.0 Å². The van der Waals surface area contributed by atoms with Gasteiger partial charge in [-0.2, -0.15) is 0 Å². The number of H-pyrrole nitrogens is 1. The predicted octanol–water partition coefficient (Wildman–Crippen LogP) is 3.21. The minimum absolute atomic E-state index is 0.0798. The number of para-hydroxylation sites is 1. The molecule has 0 bridgehead atoms. The quantitative estimate of drug-likeness (QED) is 0.197. The van der Waals surface area contributed by atoms with Crippen LogP contribution in [0.25, 0.3) is 22.2 Å². The number of benzene rings is 1. The smallest absolute Gasteiger partial charge is 0.241 e. The molecule has 1 atom stereocenters. The van der Waals surface area contributed by atoms with Crippen LogP contribution in [0.4, 0.5) is 16.0 Å². The van der Waals surface area contributed by atoms with Crippen LogP contribution in [-0.2, 0) is 9.53 Å². The maximum Gasteiger partial charge on any atom is 0.241 e. The molecular weight excluding hydrogens is 501 g/mol. The largest absolute Gasteiger partial charge is 0.477 e. The van der Waals surface area contributed by atoms with E-state index in [0.717, 1.165) is 38.9 Å². The highest BCUT2D eigenvalue weighted by atomic mass is 19.1. The van der Waals surface area contributed by atoms with E-state index in [4.69, 9.17) is 10.1 Å². The molecule has 5 N–H and O–H groups in total. The van der Waals surface area contributed by atoms with Gasteiger partial charge in [0.25, 0.3) is 0 Å². The highest BCUT2D eigenvalue weighted by Gasteiger charge is 2.26. The first-order valence-corrected chi connectivity index (χ1v) is 13.1. The molecular formula is C27H36FN9O2. The van der Waals surface area contributed by atoms with Gasteiger partial charge in [0.15, 0.2) is 5.82 Å². The molecule has 1 fully saturated rings. The molecule has 1 unspecified atom stereocenters. The molecule has 0 radical (unpaired) electrons. The molecule has 0 aliphatic carbocycles. The molecule has 4 rings (SSSR count). The van der Waals surface area contributed by atoms with Crippen LogP contribution in [0.5, 0.6) is 0 Å². The van der Waals surface area contributed by atoms with Crippen molar-refractivity contribution in [2.45, 2.75) is 26.8 Å². The van der Waals surface area contributed by atoms with Gasteiger partial charge in [-0.1, -0.05) is 19.1 Å². The number of carbonyl (C=O) groups excluding carboxylic acids is 1. The minimum Gasteiger partial charge on any atom is -0.477 e. The summed E-state index contributed by atoms with van der Waals surface area (Å²) in [7, 11) is 1.69. The van der Waals surface area contributed by atoms with E-state index in [9.17, 15) is 9.18 Å². The number of rotatable bonds is 10. The van der Waals surface area contributed by atoms with Gasteiger partial charge in [0.1, 0.15) is 11.4 Å². The lowest BCUT2D eigenvalue weighted by atomic mass is 10.1. The lowest BCUT2D eigenvalue weighted by Crippen LogP contribution is -2.52. The Morgan fingerprint density at radius 3 is 2.72 bits per heavy atom. The van der Waals surface area contributed by atoms with Crippen molar-refractivity contribution in [2.24, 2.45) is 0 Å². The van der Waals surface area contributed by atoms with Crippen LogP contribution >= 0.6 is 0 Å². The lowest BCUT2D eigenvalue weighted by Gasteiger charge is -2.36. The van der Waals surface area contributed by atoms with E-state index in [1.54, 1.807) is 20.2 Å². The molecule has 2 aromatic heterocycles. The third-order valence-electron chi connectivity index (χ3n) is 6.82. The predicted molar refractivity (Wildman–Crippen MR) is 151 cm³/mol. The highest BCUT2D eigenvalue weighted by molar-refractivity contribution is 6.06. The van der Waals surface area contributed by atoms with Crippen LogP contribution in [0.2, 0.25) is 0 Å². The fraction of sp³-hybridized carbons (Fsp3) is 0.407. The van der Waals surface area contributed by atoms with Gasteiger partial charge in [0.2, 0.25) is 17.8 Å². The third-order valence-corrected chi connectivity index (χ3v) is 6.82. The summed E-state index contributed by atoms with van der Waals surface area (Å²) in [6, 6.07) is 5.20. The number of aromatic nitrogens is 3. The van der Waals surface area contributed by atoms with Gasteiger partial charge in [-0.3, -0.25) is 15.1 Å². The van der Waals surface area contributed by atoms with Crippen molar-refractivity contribution in [3.63, 3.8) is 0 Å². The van der Waals surface area contributed by atoms with E-state index >= 15 is 0 Å². The fourth-order valence-corrected chi connectivity index (χ4v) is 4.59. The van der Waals surface area contributed by atoms with E-state index in [2.05, 4.69) is 47.6 Å². The normalized spacial score (nSPS) is 15.7. The van der Waals surface area contributed by atoms with Crippen molar-refractivity contribution < 1.29 is 13.9 Å². The number of hydrogen-bond donors (Lipinski definition) is 5. The fourth-order valence-electron chi connectivity index (χ4n) is 4.59. The summed E-state index contributed by atoms with van der Waals surface area (Å²) in [6.07, 6.45) is 4.28. The second-order valence-corrected chi connectivity index (χ2v) is 9.19. The minimum atomic E-state index is -0.602. The number of ether oxygens (including phenoxy) is 1. The number of nitrogens with one attached hydrogen (secondary N) is 5. The second-order valence-electron chi connectivity index (χ2n) is 9.19. The van der Waals surface area contributed by atoms with Gasteiger partial charge in [-0.05, 0) is 26.5 Å². The molecule has 1 aromatic carbocycles. The second kappa shape index (κ2) is 12.7. The van der Waals surface area contributed by atoms with E-state index in [1.807, 2.05) is 25.1 Å². The van der Waals surface area contributed by atoms with Gasteiger partial charge in [0, 0.05) is 56.6 Å². The molecule has 12 heteroatoms. The molecule has 1 aliphatic rings. The lowest BCUT2D eigenvalue weighted by molar-refractivity contribution is -0.121. The van der Waals surface area contributed by atoms with E-state index in [1.165, 1.54) is 6.20 Å². The Morgan fingerprint density at radius 1 is 1.26 bits per heavy atom. The zero-order valence-electron chi connectivity index (χ0n) is 22.8. The number of aromatic amines is 1. The topological polar surface area (TPSA) is 134 Å². The molecule has 1 aliphatic heterocycles. The van der Waals surface area contributed by atoms with Crippen LogP contribution in [0.15, 0.2) is 42.5 Å². The van der Waals surface area contributed by atoms with Gasteiger partial charge < -0.3 is 30.6 Å². The molecule has 0 saturated carbocycles. The number of halogens is 1. The molecule has 3 heterocycles. The zero-order chi connectivity index (χ0) is 27.9. The van der Waals surface area contributed by atoms with E-state index in [0.29, 0.717) is 34.5 Å². The first-order chi connectivity index (χ1) is 18.9. The first kappa shape index (κ1) is 28.0. The van der Waals surface area contributed by atoms with E-state index < -0.39 is 5.82 Å². The molecule has 208 valence electrons. The Hall–Kier alpha value is -4.03. The van der Waals surface area contributed by atoms with Crippen molar-refractivity contribution in [1.82, 2.24) is 30.1 Å². The average molecular weight is 538 g/mol. The monoisotopic (exact) mass is 537 g/mol. The van der Waals surface area contributed by atoms with Crippen LogP contribution in [0.3, 0.4) is 0 Å². The van der Waals surface area contributed by atoms with Crippen LogP contribution in [0, 0.1) is 11.2 Å². The Bertz CT molecular complexity index is 1350. The summed E-state index contributed by atoms with van der Waals surface area (Å²) < 4.78 is 20.2. The molecule has 3 aromatic rings. The third kappa shape index (κ3) is 6.35. The van der Waals surface area contributed by atoms with Crippen molar-refractivity contribution in [3.8, 4) is 11.3 Å². The Balaban J connectivity index is 1.56. The summed E-state index contributed by atoms with van der Waals surface area (Å²) in [5.41, 5.74) is 2.18. The maximum absolute atomic E-state index is 15.0. The summed E-state index contributed by atoms with van der Waals surface area (Å²) in [5, 5.41) is 17.6. The molecule has 0 spiro atoms. The van der Waals surface area contributed by atoms with Crippen LogP contribution in [0.1, 0.15) is 20.8 Å². The van der Waals surface area contributed by atoms with Crippen molar-refractivity contribution in [1.29, 1.82) is 5.41 Å². The highest BCUT2D eigenvalue weighted by Crippen LogP contribution is 2.33. The van der Waals surface area contributed by atoms with E-state index in [-0.39, 0.29) is 29.5 Å². The Kier molecular flexibility index (Phi) is 9.10. The number of likely N-dealkylation sites (N-methyl/N-ethyl adjacent to an activating group) is 1. The molecule has 39 heavy (non-hydrogen) atoms. The first-order valence-electron chi connectivity index (χ1n) is 13.1. The molecule has 11 nitrogen and oxygen atoms in total. The van der Waals surface area contributed by atoms with Crippen molar-refractivity contribution >= 4 is 34.3 Å². The summed E-state index contributed by atoms with van der Waals surface area (Å²) >= 11 is 0. The number of nitrogens with zero attached hydrogens (tertiary/aromatic N) is 4. The summed E-state index contributed by atoms with van der Waals surface area (Å²) in [6.45, 7) is 10.8. The molecule has 1 amide bonds. The maximum atomic E-state index is 15.0. The van der Waals surface area contributed by atoms with Gasteiger partial charge in [0.05, 0.1) is 30.0 Å². The Morgan fingerprint density at radius 2 is 2.03 bits per heavy atom. The SMILES string of the molecule is CCOC(=N)/C(=C\NC)Nc1ncc(F)c(-c2c[nH]c3c(NC(=O)C(C)N4CCN(CC)CC4)cccc23)n1. The number of fused-ring (bicyclic) bond motifs is 1. The number of amides is 1. The number of anilines is 2. The summed E-state index contributed by atoms with van der Waals surface area (Å²) in [4.78, 5) is 29.3. The molecule has 1 saturated heterocycles.